The Morgan fingerprint density at radius 1 is 1.43 bits per heavy atom. The molecule has 1 aromatic heterocycles. The smallest absolute Gasteiger partial charge is 0.272 e. The van der Waals surface area contributed by atoms with Gasteiger partial charge in [-0.05, 0) is 23.8 Å². The van der Waals surface area contributed by atoms with Crippen molar-refractivity contribution < 1.29 is 4.79 Å². The van der Waals surface area contributed by atoms with Gasteiger partial charge in [-0.15, -0.1) is 0 Å². The van der Waals surface area contributed by atoms with Crippen LogP contribution in [-0.4, -0.2) is 40.2 Å². The highest BCUT2D eigenvalue weighted by atomic mass is 35.5. The predicted octanol–water partition coefficient (Wildman–Crippen LogP) is 1.86. The number of benzene rings is 1. The van der Waals surface area contributed by atoms with E-state index >= 15 is 0 Å². The van der Waals surface area contributed by atoms with Gasteiger partial charge >= 0.3 is 0 Å². The molecule has 1 unspecified atom stereocenters. The van der Waals surface area contributed by atoms with E-state index in [1.54, 1.807) is 24.0 Å². The van der Waals surface area contributed by atoms with Crippen LogP contribution in [0.25, 0.3) is 0 Å². The highest BCUT2D eigenvalue weighted by molar-refractivity contribution is 6.30. The van der Waals surface area contributed by atoms with E-state index in [-0.39, 0.29) is 11.9 Å². The molecule has 21 heavy (non-hydrogen) atoms. The maximum atomic E-state index is 12.8. The Labute approximate surface area is 128 Å². The SMILES string of the molecule is Cn1nccc1C(=O)N1CCNCC1c1cccc(Cl)c1. The molecule has 0 saturated carbocycles. The Kier molecular flexibility index (Phi) is 3.94. The van der Waals surface area contributed by atoms with Crippen LogP contribution in [0.15, 0.2) is 36.5 Å². The summed E-state index contributed by atoms with van der Waals surface area (Å²) < 4.78 is 1.61. The third kappa shape index (κ3) is 2.80. The third-order valence-electron chi connectivity index (χ3n) is 3.78. The van der Waals surface area contributed by atoms with Gasteiger partial charge in [-0.25, -0.2) is 0 Å². The average Bonchev–Trinajstić information content (AvgIpc) is 2.93. The topological polar surface area (TPSA) is 50.2 Å². The molecule has 1 saturated heterocycles. The van der Waals surface area contributed by atoms with E-state index in [1.807, 2.05) is 29.2 Å². The molecule has 3 rings (SSSR count). The molecule has 1 aliphatic heterocycles. The van der Waals surface area contributed by atoms with Gasteiger partial charge in [0.2, 0.25) is 0 Å². The lowest BCUT2D eigenvalue weighted by Crippen LogP contribution is -2.49. The van der Waals surface area contributed by atoms with Gasteiger partial charge in [-0.1, -0.05) is 23.7 Å². The van der Waals surface area contributed by atoms with Gasteiger partial charge in [-0.3, -0.25) is 9.48 Å². The summed E-state index contributed by atoms with van der Waals surface area (Å²) in [6, 6.07) is 9.42. The van der Waals surface area contributed by atoms with Gasteiger partial charge in [0.15, 0.2) is 0 Å². The third-order valence-corrected chi connectivity index (χ3v) is 4.01. The quantitative estimate of drug-likeness (QED) is 0.921. The zero-order chi connectivity index (χ0) is 14.8. The highest BCUT2D eigenvalue weighted by Crippen LogP contribution is 2.26. The standard InChI is InChI=1S/C15H17ClN4O/c1-19-13(5-6-18-19)15(21)20-8-7-17-10-14(20)11-3-2-4-12(16)9-11/h2-6,9,14,17H,7-8,10H2,1H3. The largest absolute Gasteiger partial charge is 0.328 e. The lowest BCUT2D eigenvalue weighted by atomic mass is 10.0. The minimum Gasteiger partial charge on any atom is -0.328 e. The maximum absolute atomic E-state index is 12.8. The van der Waals surface area contributed by atoms with Gasteiger partial charge in [0.1, 0.15) is 5.69 Å². The Morgan fingerprint density at radius 3 is 3.00 bits per heavy atom. The van der Waals surface area contributed by atoms with Crippen LogP contribution in [0.5, 0.6) is 0 Å². The fourth-order valence-electron chi connectivity index (χ4n) is 2.69. The van der Waals surface area contributed by atoms with Crippen LogP contribution in [0, 0.1) is 0 Å². The first-order valence-corrected chi connectivity index (χ1v) is 7.30. The molecule has 1 aromatic carbocycles. The zero-order valence-electron chi connectivity index (χ0n) is 11.8. The maximum Gasteiger partial charge on any atom is 0.272 e. The van der Waals surface area contributed by atoms with Crippen LogP contribution >= 0.6 is 11.6 Å². The second-order valence-corrected chi connectivity index (χ2v) is 5.55. The molecule has 1 N–H and O–H groups in total. The molecule has 1 fully saturated rings. The van der Waals surface area contributed by atoms with Crippen LogP contribution in [0.4, 0.5) is 0 Å². The summed E-state index contributed by atoms with van der Waals surface area (Å²) in [6.07, 6.45) is 1.64. The monoisotopic (exact) mass is 304 g/mol. The first-order valence-electron chi connectivity index (χ1n) is 6.92. The summed E-state index contributed by atoms with van der Waals surface area (Å²) in [6.45, 7) is 2.19. The van der Waals surface area contributed by atoms with Crippen molar-refractivity contribution >= 4 is 17.5 Å². The minimum atomic E-state index is -0.0140. The van der Waals surface area contributed by atoms with Crippen molar-refractivity contribution in [3.63, 3.8) is 0 Å². The van der Waals surface area contributed by atoms with E-state index in [2.05, 4.69) is 10.4 Å². The normalized spacial score (nSPS) is 18.8. The molecule has 0 radical (unpaired) electrons. The second kappa shape index (κ2) is 5.87. The first kappa shape index (κ1) is 14.1. The van der Waals surface area contributed by atoms with Crippen LogP contribution in [0.1, 0.15) is 22.1 Å². The lowest BCUT2D eigenvalue weighted by Gasteiger charge is -2.36. The van der Waals surface area contributed by atoms with Gasteiger partial charge in [0.25, 0.3) is 5.91 Å². The molecular weight excluding hydrogens is 288 g/mol. The number of aromatic nitrogens is 2. The van der Waals surface area contributed by atoms with Gasteiger partial charge < -0.3 is 10.2 Å². The summed E-state index contributed by atoms with van der Waals surface area (Å²) >= 11 is 6.08. The molecule has 0 aliphatic carbocycles. The fraction of sp³-hybridized carbons (Fsp3) is 0.333. The number of halogens is 1. The zero-order valence-corrected chi connectivity index (χ0v) is 12.5. The van der Waals surface area contributed by atoms with Gasteiger partial charge in [0, 0.05) is 37.9 Å². The number of hydrogen-bond donors (Lipinski definition) is 1. The molecule has 5 nitrogen and oxygen atoms in total. The van der Waals surface area contributed by atoms with E-state index in [0.29, 0.717) is 17.3 Å². The van der Waals surface area contributed by atoms with Crippen molar-refractivity contribution in [3.8, 4) is 0 Å². The number of hydrogen-bond acceptors (Lipinski definition) is 3. The number of nitrogens with zero attached hydrogens (tertiary/aromatic N) is 3. The minimum absolute atomic E-state index is 0.00137. The Bertz CT molecular complexity index is 655. The Hall–Kier alpha value is -1.85. The summed E-state index contributed by atoms with van der Waals surface area (Å²) in [5.74, 6) is 0.00137. The average molecular weight is 305 g/mol. The van der Waals surface area contributed by atoms with Crippen molar-refractivity contribution in [2.75, 3.05) is 19.6 Å². The van der Waals surface area contributed by atoms with Crippen LogP contribution in [0.3, 0.4) is 0 Å². The number of carbonyl (C=O) groups excluding carboxylic acids is 1. The summed E-state index contributed by atoms with van der Waals surface area (Å²) in [4.78, 5) is 14.6. The van der Waals surface area contributed by atoms with Gasteiger partial charge in [0.05, 0.1) is 6.04 Å². The van der Waals surface area contributed by atoms with Crippen molar-refractivity contribution in [1.29, 1.82) is 0 Å². The molecule has 2 aromatic rings. The number of carbonyl (C=O) groups is 1. The Balaban J connectivity index is 1.92. The number of amides is 1. The molecule has 6 heteroatoms. The first-order chi connectivity index (χ1) is 10.2. The van der Waals surface area contributed by atoms with Crippen molar-refractivity contribution in [2.24, 2.45) is 7.05 Å². The van der Waals surface area contributed by atoms with E-state index in [0.717, 1.165) is 18.7 Å². The molecule has 1 amide bonds. The van der Waals surface area contributed by atoms with Crippen LogP contribution < -0.4 is 5.32 Å². The molecular formula is C15H17ClN4O. The number of rotatable bonds is 2. The lowest BCUT2D eigenvalue weighted by molar-refractivity contribution is 0.0623. The molecule has 2 heterocycles. The number of nitrogens with one attached hydrogen (secondary N) is 1. The summed E-state index contributed by atoms with van der Waals surface area (Å²) in [5.41, 5.74) is 1.65. The van der Waals surface area contributed by atoms with E-state index in [9.17, 15) is 4.79 Å². The number of piperazine rings is 1. The molecule has 110 valence electrons. The van der Waals surface area contributed by atoms with Crippen LogP contribution in [-0.2, 0) is 7.05 Å². The molecule has 0 spiro atoms. The van der Waals surface area contributed by atoms with Gasteiger partial charge in [-0.2, -0.15) is 5.10 Å². The Morgan fingerprint density at radius 2 is 2.29 bits per heavy atom. The van der Waals surface area contributed by atoms with Crippen LogP contribution in [0.2, 0.25) is 5.02 Å². The van der Waals surface area contributed by atoms with E-state index in [4.69, 9.17) is 11.6 Å². The molecule has 1 aliphatic rings. The van der Waals surface area contributed by atoms with Crippen molar-refractivity contribution in [2.45, 2.75) is 6.04 Å². The fourth-order valence-corrected chi connectivity index (χ4v) is 2.89. The highest BCUT2D eigenvalue weighted by Gasteiger charge is 2.29. The second-order valence-electron chi connectivity index (χ2n) is 5.11. The molecule has 1 atom stereocenters. The van der Waals surface area contributed by atoms with Crippen molar-refractivity contribution in [1.82, 2.24) is 20.0 Å². The van der Waals surface area contributed by atoms with E-state index in [1.165, 1.54) is 0 Å². The van der Waals surface area contributed by atoms with Crippen molar-refractivity contribution in [3.05, 3.63) is 52.8 Å². The molecule has 0 bridgehead atoms. The summed E-state index contributed by atoms with van der Waals surface area (Å²) in [5, 5.41) is 8.10. The number of aryl methyl sites for hydroxylation is 1. The summed E-state index contributed by atoms with van der Waals surface area (Å²) in [7, 11) is 1.78. The van der Waals surface area contributed by atoms with E-state index < -0.39 is 0 Å². The predicted molar refractivity (Wildman–Crippen MR) is 81.3 cm³/mol.